The summed E-state index contributed by atoms with van der Waals surface area (Å²) in [6.45, 7) is 0.566. The van der Waals surface area contributed by atoms with Gasteiger partial charge in [-0.15, -0.1) is 0 Å². The average molecular weight is 318 g/mol. The van der Waals surface area contributed by atoms with Crippen molar-refractivity contribution in [2.24, 2.45) is 0 Å². The molecule has 0 aliphatic heterocycles. The van der Waals surface area contributed by atoms with E-state index in [0.717, 1.165) is 5.56 Å². The van der Waals surface area contributed by atoms with E-state index in [1.165, 1.54) is 24.3 Å². The third-order valence-electron chi connectivity index (χ3n) is 3.23. The van der Waals surface area contributed by atoms with Crippen molar-refractivity contribution >= 4 is 6.03 Å². The van der Waals surface area contributed by atoms with E-state index in [-0.39, 0.29) is 35.6 Å². The second-order valence-electron chi connectivity index (χ2n) is 5.01. The molecule has 6 N–H and O–H groups in total. The second-order valence-corrected chi connectivity index (χ2v) is 5.01. The molecule has 0 aromatic heterocycles. The van der Waals surface area contributed by atoms with Crippen LogP contribution in [-0.4, -0.2) is 33.0 Å². The fourth-order valence-corrected chi connectivity index (χ4v) is 1.97. The second kappa shape index (κ2) is 7.26. The Bertz CT molecular complexity index is 703. The molecule has 0 aliphatic rings. The number of hydrogen-bond donors (Lipinski definition) is 6. The van der Waals surface area contributed by atoms with Gasteiger partial charge in [-0.2, -0.15) is 0 Å². The minimum Gasteiger partial charge on any atom is -0.504 e. The van der Waals surface area contributed by atoms with Gasteiger partial charge in [-0.1, -0.05) is 12.1 Å². The van der Waals surface area contributed by atoms with Gasteiger partial charge >= 0.3 is 6.03 Å². The Kier molecular flexibility index (Phi) is 5.14. The summed E-state index contributed by atoms with van der Waals surface area (Å²) in [6.07, 6.45) is 0.501. The van der Waals surface area contributed by atoms with E-state index in [2.05, 4.69) is 10.6 Å². The third-order valence-corrected chi connectivity index (χ3v) is 3.23. The maximum Gasteiger partial charge on any atom is 0.315 e. The summed E-state index contributed by atoms with van der Waals surface area (Å²) >= 11 is 0. The van der Waals surface area contributed by atoms with E-state index in [1.54, 1.807) is 12.1 Å². The Balaban J connectivity index is 1.74. The highest BCUT2D eigenvalue weighted by molar-refractivity contribution is 5.73. The normalized spacial score (nSPS) is 10.3. The van der Waals surface area contributed by atoms with Gasteiger partial charge in [-0.3, -0.25) is 0 Å². The number of hydrogen-bond acceptors (Lipinski definition) is 5. The number of carbonyl (C=O) groups excluding carboxylic acids is 1. The summed E-state index contributed by atoms with van der Waals surface area (Å²) in [4.78, 5) is 11.7. The van der Waals surface area contributed by atoms with Gasteiger partial charge in [-0.05, 0) is 41.8 Å². The Hall–Kier alpha value is -3.09. The van der Waals surface area contributed by atoms with E-state index >= 15 is 0 Å². The fourth-order valence-electron chi connectivity index (χ4n) is 1.97. The molecule has 0 saturated carbocycles. The predicted molar refractivity (Wildman–Crippen MR) is 83.5 cm³/mol. The first-order chi connectivity index (χ1) is 11.0. The Morgan fingerprint density at radius 1 is 0.783 bits per heavy atom. The van der Waals surface area contributed by atoms with Crippen LogP contribution in [0.4, 0.5) is 4.79 Å². The molecule has 7 heteroatoms. The predicted octanol–water partition coefficient (Wildman–Crippen LogP) is 1.55. The highest BCUT2D eigenvalue weighted by Crippen LogP contribution is 2.25. The highest BCUT2D eigenvalue weighted by atomic mass is 16.3. The van der Waals surface area contributed by atoms with Gasteiger partial charge in [0.15, 0.2) is 23.0 Å². The van der Waals surface area contributed by atoms with Crippen molar-refractivity contribution in [1.82, 2.24) is 10.6 Å². The van der Waals surface area contributed by atoms with Gasteiger partial charge in [0.25, 0.3) is 0 Å². The number of amides is 2. The Labute approximate surface area is 132 Å². The lowest BCUT2D eigenvalue weighted by Gasteiger charge is -2.09. The lowest BCUT2D eigenvalue weighted by Crippen LogP contribution is -2.36. The molecule has 0 saturated heterocycles. The quantitative estimate of drug-likeness (QED) is 0.467. The molecule has 0 radical (unpaired) electrons. The summed E-state index contributed by atoms with van der Waals surface area (Å²) in [5, 5.41) is 42.4. The van der Waals surface area contributed by atoms with Crippen molar-refractivity contribution in [3.8, 4) is 23.0 Å². The van der Waals surface area contributed by atoms with Crippen LogP contribution in [0.2, 0.25) is 0 Å². The highest BCUT2D eigenvalue weighted by Gasteiger charge is 2.04. The van der Waals surface area contributed by atoms with Crippen molar-refractivity contribution in [3.63, 3.8) is 0 Å². The summed E-state index contributed by atoms with van der Waals surface area (Å²) in [6, 6.07) is 8.43. The van der Waals surface area contributed by atoms with Crippen LogP contribution in [0, 0.1) is 0 Å². The molecule has 2 aromatic carbocycles. The molecule has 23 heavy (non-hydrogen) atoms. The van der Waals surface area contributed by atoms with E-state index in [0.29, 0.717) is 18.5 Å². The molecule has 0 atom stereocenters. The standard InChI is InChI=1S/C16H18N2O5/c19-12-3-1-10(7-14(12)21)5-6-17-16(23)18-9-11-2-4-13(20)15(22)8-11/h1-4,7-8,19-22H,5-6,9H2,(H2,17,18,23). The lowest BCUT2D eigenvalue weighted by atomic mass is 10.1. The summed E-state index contributed by atoms with van der Waals surface area (Å²) < 4.78 is 0. The Morgan fingerprint density at radius 2 is 1.35 bits per heavy atom. The van der Waals surface area contributed by atoms with E-state index in [4.69, 9.17) is 0 Å². The van der Waals surface area contributed by atoms with Crippen LogP contribution in [-0.2, 0) is 13.0 Å². The molecule has 0 fully saturated rings. The Morgan fingerprint density at radius 3 is 1.96 bits per heavy atom. The molecule has 122 valence electrons. The first-order valence-corrected chi connectivity index (χ1v) is 6.99. The van der Waals surface area contributed by atoms with Gasteiger partial charge in [0.2, 0.25) is 0 Å². The molecular formula is C16H18N2O5. The molecule has 2 amide bonds. The van der Waals surface area contributed by atoms with Crippen LogP contribution in [0.15, 0.2) is 36.4 Å². The number of rotatable bonds is 5. The molecule has 2 aromatic rings. The summed E-state index contributed by atoms with van der Waals surface area (Å²) in [5.41, 5.74) is 1.43. The maximum atomic E-state index is 11.7. The number of benzene rings is 2. The van der Waals surface area contributed by atoms with Crippen LogP contribution in [0.5, 0.6) is 23.0 Å². The maximum absolute atomic E-state index is 11.7. The van der Waals surface area contributed by atoms with Gasteiger partial charge in [0.1, 0.15) is 0 Å². The van der Waals surface area contributed by atoms with Gasteiger partial charge in [0.05, 0.1) is 0 Å². The zero-order chi connectivity index (χ0) is 16.8. The van der Waals surface area contributed by atoms with Gasteiger partial charge in [0, 0.05) is 13.1 Å². The first-order valence-electron chi connectivity index (χ1n) is 6.99. The number of urea groups is 1. The number of aromatic hydroxyl groups is 4. The fraction of sp³-hybridized carbons (Fsp3) is 0.188. The number of carbonyl (C=O) groups is 1. The molecule has 7 nitrogen and oxygen atoms in total. The van der Waals surface area contributed by atoms with Crippen molar-refractivity contribution in [2.75, 3.05) is 6.54 Å². The molecular weight excluding hydrogens is 300 g/mol. The topological polar surface area (TPSA) is 122 Å². The minimum absolute atomic E-state index is 0.184. The smallest absolute Gasteiger partial charge is 0.315 e. The molecule has 0 aliphatic carbocycles. The van der Waals surface area contributed by atoms with E-state index in [1.807, 2.05) is 0 Å². The van der Waals surface area contributed by atoms with Crippen molar-refractivity contribution in [2.45, 2.75) is 13.0 Å². The number of nitrogens with one attached hydrogen (secondary N) is 2. The van der Waals surface area contributed by atoms with Crippen molar-refractivity contribution in [1.29, 1.82) is 0 Å². The largest absolute Gasteiger partial charge is 0.504 e. The van der Waals surface area contributed by atoms with E-state index < -0.39 is 0 Å². The van der Waals surface area contributed by atoms with Crippen LogP contribution >= 0.6 is 0 Å². The number of phenolic OH excluding ortho intramolecular Hbond substituents is 4. The zero-order valence-corrected chi connectivity index (χ0v) is 12.3. The SMILES string of the molecule is O=C(NCCc1ccc(O)c(O)c1)NCc1ccc(O)c(O)c1. The molecule has 0 unspecified atom stereocenters. The zero-order valence-electron chi connectivity index (χ0n) is 12.3. The molecule has 0 spiro atoms. The van der Waals surface area contributed by atoms with Crippen LogP contribution in [0.1, 0.15) is 11.1 Å². The van der Waals surface area contributed by atoms with Crippen LogP contribution in [0.25, 0.3) is 0 Å². The third kappa shape index (κ3) is 4.70. The minimum atomic E-state index is -0.374. The monoisotopic (exact) mass is 318 g/mol. The first kappa shape index (κ1) is 16.3. The van der Waals surface area contributed by atoms with Crippen LogP contribution < -0.4 is 10.6 Å². The summed E-state index contributed by atoms with van der Waals surface area (Å²) in [5.74, 6) is -0.831. The van der Waals surface area contributed by atoms with Crippen LogP contribution in [0.3, 0.4) is 0 Å². The molecule has 0 heterocycles. The van der Waals surface area contributed by atoms with Crippen molar-refractivity contribution < 1.29 is 25.2 Å². The van der Waals surface area contributed by atoms with Gasteiger partial charge in [-0.25, -0.2) is 4.79 Å². The summed E-state index contributed by atoms with van der Waals surface area (Å²) in [7, 11) is 0. The molecule has 0 bridgehead atoms. The lowest BCUT2D eigenvalue weighted by molar-refractivity contribution is 0.240. The van der Waals surface area contributed by atoms with Crippen molar-refractivity contribution in [3.05, 3.63) is 47.5 Å². The average Bonchev–Trinajstić information content (AvgIpc) is 2.52. The number of phenols is 4. The van der Waals surface area contributed by atoms with E-state index in [9.17, 15) is 25.2 Å². The van der Waals surface area contributed by atoms with Gasteiger partial charge < -0.3 is 31.1 Å². The molecule has 2 rings (SSSR count).